The van der Waals surface area contributed by atoms with E-state index in [1.54, 1.807) is 30.5 Å². The molecular formula is C19H20FN5. The van der Waals surface area contributed by atoms with E-state index in [0.717, 1.165) is 5.69 Å². The SMILES string of the molecule is CC(C)(C)Nc1nc(Nc2ccccc2F)cc(-c2ccccn2)n1. The number of hydrogen-bond donors (Lipinski definition) is 2. The molecule has 0 fully saturated rings. The molecule has 2 aromatic heterocycles. The number of nitrogens with zero attached hydrogens (tertiary/aromatic N) is 3. The maximum Gasteiger partial charge on any atom is 0.225 e. The Balaban J connectivity index is 2.02. The molecule has 128 valence electrons. The van der Waals surface area contributed by atoms with Crippen molar-refractivity contribution >= 4 is 17.5 Å². The Kier molecular flexibility index (Phi) is 4.61. The number of para-hydroxylation sites is 1. The molecule has 0 aliphatic rings. The first-order valence-corrected chi connectivity index (χ1v) is 8.01. The van der Waals surface area contributed by atoms with Crippen molar-refractivity contribution in [1.29, 1.82) is 0 Å². The zero-order valence-electron chi connectivity index (χ0n) is 14.4. The summed E-state index contributed by atoms with van der Waals surface area (Å²) in [6, 6.07) is 13.8. The van der Waals surface area contributed by atoms with E-state index >= 15 is 0 Å². The lowest BCUT2D eigenvalue weighted by molar-refractivity contribution is 0.625. The van der Waals surface area contributed by atoms with Crippen LogP contribution in [0.25, 0.3) is 11.4 Å². The first-order chi connectivity index (χ1) is 11.9. The van der Waals surface area contributed by atoms with Gasteiger partial charge in [0, 0.05) is 17.8 Å². The average Bonchev–Trinajstić information content (AvgIpc) is 2.56. The van der Waals surface area contributed by atoms with Crippen LogP contribution in [0.4, 0.5) is 21.8 Å². The largest absolute Gasteiger partial charge is 0.350 e. The Morgan fingerprint density at radius 3 is 2.36 bits per heavy atom. The van der Waals surface area contributed by atoms with Crippen LogP contribution in [-0.4, -0.2) is 20.5 Å². The van der Waals surface area contributed by atoms with E-state index in [4.69, 9.17) is 0 Å². The molecule has 0 aliphatic heterocycles. The second kappa shape index (κ2) is 6.84. The van der Waals surface area contributed by atoms with Gasteiger partial charge in [-0.1, -0.05) is 18.2 Å². The number of nitrogens with one attached hydrogen (secondary N) is 2. The zero-order valence-corrected chi connectivity index (χ0v) is 14.4. The summed E-state index contributed by atoms with van der Waals surface area (Å²) >= 11 is 0. The minimum Gasteiger partial charge on any atom is -0.350 e. The third-order valence-electron chi connectivity index (χ3n) is 3.28. The number of rotatable bonds is 4. The summed E-state index contributed by atoms with van der Waals surface area (Å²) in [5.74, 6) is 0.604. The summed E-state index contributed by atoms with van der Waals surface area (Å²) in [5.41, 5.74) is 1.52. The van der Waals surface area contributed by atoms with Gasteiger partial charge in [0.15, 0.2) is 0 Å². The van der Waals surface area contributed by atoms with Crippen LogP contribution in [0.1, 0.15) is 20.8 Å². The van der Waals surface area contributed by atoms with Gasteiger partial charge in [0.2, 0.25) is 5.95 Å². The lowest BCUT2D eigenvalue weighted by atomic mass is 10.1. The van der Waals surface area contributed by atoms with Gasteiger partial charge in [-0.3, -0.25) is 4.98 Å². The molecule has 0 radical (unpaired) electrons. The Bertz CT molecular complexity index is 859. The number of benzene rings is 1. The number of halogens is 1. The summed E-state index contributed by atoms with van der Waals surface area (Å²) in [7, 11) is 0. The summed E-state index contributed by atoms with van der Waals surface area (Å²) in [5, 5.41) is 6.26. The highest BCUT2D eigenvalue weighted by Crippen LogP contribution is 2.24. The van der Waals surface area contributed by atoms with Crippen molar-refractivity contribution in [2.75, 3.05) is 10.6 Å². The normalized spacial score (nSPS) is 11.2. The van der Waals surface area contributed by atoms with E-state index < -0.39 is 0 Å². The molecule has 0 amide bonds. The summed E-state index contributed by atoms with van der Waals surface area (Å²) < 4.78 is 13.9. The van der Waals surface area contributed by atoms with Crippen LogP contribution in [0.3, 0.4) is 0 Å². The first kappa shape index (κ1) is 16.8. The minimum atomic E-state index is -0.342. The molecule has 5 nitrogen and oxygen atoms in total. The van der Waals surface area contributed by atoms with Gasteiger partial charge in [0.25, 0.3) is 0 Å². The lowest BCUT2D eigenvalue weighted by Crippen LogP contribution is -2.27. The molecule has 0 saturated carbocycles. The monoisotopic (exact) mass is 337 g/mol. The quantitative estimate of drug-likeness (QED) is 0.726. The van der Waals surface area contributed by atoms with Crippen LogP contribution >= 0.6 is 0 Å². The summed E-state index contributed by atoms with van der Waals surface area (Å²) in [4.78, 5) is 13.3. The molecule has 0 aliphatic carbocycles. The molecule has 6 heteroatoms. The van der Waals surface area contributed by atoms with E-state index in [1.165, 1.54) is 6.07 Å². The van der Waals surface area contributed by atoms with Crippen molar-refractivity contribution in [2.24, 2.45) is 0 Å². The van der Waals surface area contributed by atoms with E-state index in [0.29, 0.717) is 23.1 Å². The van der Waals surface area contributed by atoms with Gasteiger partial charge in [-0.25, -0.2) is 9.37 Å². The van der Waals surface area contributed by atoms with Crippen molar-refractivity contribution in [3.63, 3.8) is 0 Å². The first-order valence-electron chi connectivity index (χ1n) is 8.01. The van der Waals surface area contributed by atoms with Crippen molar-refractivity contribution in [3.05, 3.63) is 60.5 Å². The highest BCUT2D eigenvalue weighted by molar-refractivity contribution is 5.65. The Hall–Kier alpha value is -3.02. The van der Waals surface area contributed by atoms with Crippen molar-refractivity contribution < 1.29 is 4.39 Å². The Morgan fingerprint density at radius 2 is 1.68 bits per heavy atom. The Labute approximate surface area is 146 Å². The number of anilines is 3. The Morgan fingerprint density at radius 1 is 0.920 bits per heavy atom. The van der Waals surface area contributed by atoms with Gasteiger partial charge >= 0.3 is 0 Å². The maximum atomic E-state index is 13.9. The molecular weight excluding hydrogens is 317 g/mol. The van der Waals surface area contributed by atoms with E-state index in [1.807, 2.05) is 39.0 Å². The van der Waals surface area contributed by atoms with Crippen LogP contribution in [0.5, 0.6) is 0 Å². The second-order valence-corrected chi connectivity index (χ2v) is 6.66. The standard InChI is InChI=1S/C19H20FN5/c1-19(2,3)25-18-23-16(15-10-6-7-11-21-15)12-17(24-18)22-14-9-5-4-8-13(14)20/h4-12H,1-3H3,(H2,22,23,24,25). The van der Waals surface area contributed by atoms with Gasteiger partial charge in [0.05, 0.1) is 17.1 Å². The van der Waals surface area contributed by atoms with Crippen LogP contribution in [0, 0.1) is 5.82 Å². The van der Waals surface area contributed by atoms with Gasteiger partial charge in [0.1, 0.15) is 11.6 Å². The average molecular weight is 337 g/mol. The fourth-order valence-corrected chi connectivity index (χ4v) is 2.25. The molecule has 1 aromatic carbocycles. The van der Waals surface area contributed by atoms with Gasteiger partial charge < -0.3 is 10.6 Å². The predicted molar refractivity (Wildman–Crippen MR) is 98.3 cm³/mol. The van der Waals surface area contributed by atoms with E-state index in [9.17, 15) is 4.39 Å². The minimum absolute atomic E-state index is 0.210. The molecule has 25 heavy (non-hydrogen) atoms. The van der Waals surface area contributed by atoms with Crippen molar-refractivity contribution in [2.45, 2.75) is 26.3 Å². The van der Waals surface area contributed by atoms with Crippen LogP contribution in [0.2, 0.25) is 0 Å². The highest BCUT2D eigenvalue weighted by atomic mass is 19.1. The molecule has 2 heterocycles. The highest BCUT2D eigenvalue weighted by Gasteiger charge is 2.14. The van der Waals surface area contributed by atoms with E-state index in [-0.39, 0.29) is 11.4 Å². The van der Waals surface area contributed by atoms with Gasteiger partial charge in [-0.2, -0.15) is 4.98 Å². The van der Waals surface area contributed by atoms with Gasteiger partial charge in [-0.05, 0) is 45.0 Å². The second-order valence-electron chi connectivity index (χ2n) is 6.66. The molecule has 0 unspecified atom stereocenters. The number of hydrogen-bond acceptors (Lipinski definition) is 5. The molecule has 0 saturated heterocycles. The van der Waals surface area contributed by atoms with Crippen molar-refractivity contribution in [1.82, 2.24) is 15.0 Å². The molecule has 0 spiro atoms. The molecule has 0 atom stereocenters. The van der Waals surface area contributed by atoms with Gasteiger partial charge in [-0.15, -0.1) is 0 Å². The molecule has 3 aromatic rings. The predicted octanol–water partition coefficient (Wildman–Crippen LogP) is 4.63. The number of aromatic nitrogens is 3. The molecule has 2 N–H and O–H groups in total. The summed E-state index contributed by atoms with van der Waals surface area (Å²) in [6.45, 7) is 6.06. The smallest absolute Gasteiger partial charge is 0.225 e. The fourth-order valence-electron chi connectivity index (χ4n) is 2.25. The van der Waals surface area contributed by atoms with E-state index in [2.05, 4.69) is 25.6 Å². The summed E-state index contributed by atoms with van der Waals surface area (Å²) in [6.07, 6.45) is 1.71. The van der Waals surface area contributed by atoms with Crippen LogP contribution in [-0.2, 0) is 0 Å². The molecule has 3 rings (SSSR count). The third-order valence-corrected chi connectivity index (χ3v) is 3.28. The van der Waals surface area contributed by atoms with Crippen LogP contribution < -0.4 is 10.6 Å². The molecule has 0 bridgehead atoms. The van der Waals surface area contributed by atoms with Crippen molar-refractivity contribution in [3.8, 4) is 11.4 Å². The number of pyridine rings is 1. The van der Waals surface area contributed by atoms with Crippen LogP contribution in [0.15, 0.2) is 54.7 Å². The maximum absolute atomic E-state index is 13.9. The lowest BCUT2D eigenvalue weighted by Gasteiger charge is -2.21. The third kappa shape index (κ3) is 4.50. The fraction of sp³-hybridized carbons (Fsp3) is 0.211. The zero-order chi connectivity index (χ0) is 17.9. The topological polar surface area (TPSA) is 62.7 Å².